The zero-order valence-electron chi connectivity index (χ0n) is 14.7. The van der Waals surface area contributed by atoms with Gasteiger partial charge >= 0.3 is 0 Å². The van der Waals surface area contributed by atoms with E-state index in [2.05, 4.69) is 47.6 Å². The maximum atomic E-state index is 9.79. The highest BCUT2D eigenvalue weighted by molar-refractivity contribution is 6.77. The molecular weight excluding hydrogens is 276 g/mol. The first-order chi connectivity index (χ1) is 9.71. The number of aryl methyl sites for hydroxylation is 1. The van der Waals surface area contributed by atoms with Crippen LogP contribution >= 0.6 is 0 Å². The third kappa shape index (κ3) is 4.10. The monoisotopic (exact) mass is 308 g/mol. The maximum absolute atomic E-state index is 9.79. The smallest absolute Gasteiger partial charge is 0.200 e. The van der Waals surface area contributed by atoms with Crippen LogP contribution in [0.4, 0.5) is 0 Å². The van der Waals surface area contributed by atoms with Gasteiger partial charge in [0.1, 0.15) is 5.75 Å². The molecule has 0 fully saturated rings. The highest BCUT2D eigenvalue weighted by Gasteiger charge is 2.44. The van der Waals surface area contributed by atoms with Gasteiger partial charge in [-0.05, 0) is 47.2 Å². The van der Waals surface area contributed by atoms with Gasteiger partial charge in [-0.15, -0.1) is 0 Å². The summed E-state index contributed by atoms with van der Waals surface area (Å²) < 4.78 is 6.55. The molecule has 0 unspecified atom stereocenters. The van der Waals surface area contributed by atoms with E-state index in [-0.39, 0.29) is 0 Å². The zero-order chi connectivity index (χ0) is 16.2. The minimum Gasteiger partial charge on any atom is -0.508 e. The fourth-order valence-corrected chi connectivity index (χ4v) is 9.11. The van der Waals surface area contributed by atoms with Gasteiger partial charge in [-0.2, -0.15) is 0 Å². The van der Waals surface area contributed by atoms with Gasteiger partial charge in [-0.25, -0.2) is 0 Å². The van der Waals surface area contributed by atoms with Gasteiger partial charge in [0.05, 0.1) is 0 Å². The molecule has 21 heavy (non-hydrogen) atoms. The molecule has 0 bridgehead atoms. The Balaban J connectivity index is 2.76. The number of phenols is 1. The molecule has 0 amide bonds. The van der Waals surface area contributed by atoms with Gasteiger partial charge in [-0.1, -0.05) is 53.7 Å². The predicted octanol–water partition coefficient (Wildman–Crippen LogP) is 5.44. The lowest BCUT2D eigenvalue weighted by molar-refractivity contribution is 0.281. The summed E-state index contributed by atoms with van der Waals surface area (Å²) in [5, 5.41) is 9.79. The van der Waals surface area contributed by atoms with Gasteiger partial charge in [0.15, 0.2) is 8.32 Å². The van der Waals surface area contributed by atoms with Crippen molar-refractivity contribution in [3.8, 4) is 5.75 Å². The van der Waals surface area contributed by atoms with Crippen LogP contribution in [0.25, 0.3) is 0 Å². The number of rotatable bonds is 7. The first kappa shape index (κ1) is 18.2. The molecule has 0 spiro atoms. The van der Waals surface area contributed by atoms with Crippen LogP contribution in [0.15, 0.2) is 18.2 Å². The highest BCUT2D eigenvalue weighted by atomic mass is 28.4. The molecule has 0 aliphatic heterocycles. The third-order valence-electron chi connectivity index (χ3n) is 4.72. The molecule has 1 N–H and O–H groups in total. The summed E-state index contributed by atoms with van der Waals surface area (Å²) >= 11 is 0. The van der Waals surface area contributed by atoms with Crippen molar-refractivity contribution in [2.75, 3.05) is 6.61 Å². The van der Waals surface area contributed by atoms with Gasteiger partial charge in [0.2, 0.25) is 0 Å². The van der Waals surface area contributed by atoms with Crippen LogP contribution in [-0.4, -0.2) is 20.0 Å². The van der Waals surface area contributed by atoms with E-state index in [1.807, 2.05) is 19.1 Å². The quantitative estimate of drug-likeness (QED) is 0.680. The molecule has 120 valence electrons. The fraction of sp³-hybridized carbons (Fsp3) is 0.667. The van der Waals surface area contributed by atoms with E-state index in [1.165, 1.54) is 0 Å². The molecule has 0 aliphatic rings. The molecular formula is C18H32O2Si. The van der Waals surface area contributed by atoms with E-state index in [0.29, 0.717) is 22.4 Å². The van der Waals surface area contributed by atoms with Crippen LogP contribution in [-0.2, 0) is 10.8 Å². The number of hydrogen-bond acceptors (Lipinski definition) is 2. The van der Waals surface area contributed by atoms with E-state index in [0.717, 1.165) is 24.2 Å². The normalized spacial score (nSPS) is 12.7. The Bertz CT molecular complexity index is 431. The minimum absolute atomic E-state index is 0.382. The summed E-state index contributed by atoms with van der Waals surface area (Å²) in [5.74, 6) is 0.382. The molecule has 2 nitrogen and oxygen atoms in total. The lowest BCUT2D eigenvalue weighted by Gasteiger charge is -2.42. The molecule has 0 radical (unpaired) electrons. The van der Waals surface area contributed by atoms with Crippen LogP contribution in [0.2, 0.25) is 16.6 Å². The molecule has 0 heterocycles. The minimum atomic E-state index is -1.77. The van der Waals surface area contributed by atoms with Crippen LogP contribution in [0.5, 0.6) is 5.75 Å². The molecule has 3 heteroatoms. The Morgan fingerprint density at radius 1 is 1.00 bits per heavy atom. The lowest BCUT2D eigenvalue weighted by Crippen LogP contribution is -2.48. The Kier molecular flexibility index (Phi) is 6.48. The van der Waals surface area contributed by atoms with Gasteiger partial charge in [0, 0.05) is 6.61 Å². The predicted molar refractivity (Wildman–Crippen MR) is 93.5 cm³/mol. The van der Waals surface area contributed by atoms with Crippen LogP contribution in [0.1, 0.15) is 52.7 Å². The van der Waals surface area contributed by atoms with Gasteiger partial charge in [-0.3, -0.25) is 0 Å². The largest absolute Gasteiger partial charge is 0.508 e. The molecule has 0 saturated carbocycles. The standard InChI is InChI=1S/C18H32O2Si/c1-13(2)21(14(3)4,15(5)6)20-11-10-17-9-8-16(7)18(19)12-17/h8-9,12-15,19H,10-11H2,1-7H3. The molecule has 1 aromatic carbocycles. The van der Waals surface area contributed by atoms with E-state index in [9.17, 15) is 5.11 Å². The maximum Gasteiger partial charge on any atom is 0.200 e. The average molecular weight is 309 g/mol. The number of phenolic OH excluding ortho intramolecular Hbond substituents is 1. The van der Waals surface area contributed by atoms with Crippen molar-refractivity contribution in [3.05, 3.63) is 29.3 Å². The summed E-state index contributed by atoms with van der Waals surface area (Å²) in [7, 11) is -1.77. The van der Waals surface area contributed by atoms with Crippen LogP contribution in [0, 0.1) is 6.92 Å². The van der Waals surface area contributed by atoms with E-state index in [1.54, 1.807) is 0 Å². The van der Waals surface area contributed by atoms with Crippen molar-refractivity contribution in [1.82, 2.24) is 0 Å². The second-order valence-electron chi connectivity index (χ2n) is 7.04. The summed E-state index contributed by atoms with van der Waals surface area (Å²) in [5.41, 5.74) is 3.92. The summed E-state index contributed by atoms with van der Waals surface area (Å²) in [6.45, 7) is 16.5. The number of hydrogen-bond donors (Lipinski definition) is 1. The van der Waals surface area contributed by atoms with Crippen molar-refractivity contribution in [2.45, 2.75) is 71.5 Å². The van der Waals surface area contributed by atoms with Crippen molar-refractivity contribution >= 4 is 8.32 Å². The molecule has 0 aromatic heterocycles. The SMILES string of the molecule is Cc1ccc(CCO[Si](C(C)C)(C(C)C)C(C)C)cc1O. The molecule has 1 rings (SSSR count). The first-order valence-corrected chi connectivity index (χ1v) is 10.3. The van der Waals surface area contributed by atoms with Crippen molar-refractivity contribution < 1.29 is 9.53 Å². The summed E-state index contributed by atoms with van der Waals surface area (Å²) in [4.78, 5) is 0. The molecule has 0 saturated heterocycles. The average Bonchev–Trinajstić information content (AvgIpc) is 2.37. The highest BCUT2D eigenvalue weighted by Crippen LogP contribution is 2.42. The zero-order valence-corrected chi connectivity index (χ0v) is 15.7. The van der Waals surface area contributed by atoms with Crippen molar-refractivity contribution in [2.24, 2.45) is 0 Å². The molecule has 0 atom stereocenters. The second kappa shape index (κ2) is 7.46. The van der Waals surface area contributed by atoms with Crippen molar-refractivity contribution in [3.63, 3.8) is 0 Å². The Morgan fingerprint density at radius 2 is 1.52 bits per heavy atom. The Labute approximate surface area is 131 Å². The first-order valence-electron chi connectivity index (χ1n) is 8.14. The second-order valence-corrected chi connectivity index (χ2v) is 12.5. The number of benzene rings is 1. The topological polar surface area (TPSA) is 29.5 Å². The summed E-state index contributed by atoms with van der Waals surface area (Å²) in [6, 6.07) is 5.92. The Hall–Kier alpha value is -0.803. The third-order valence-corrected chi connectivity index (χ3v) is 10.8. The van der Waals surface area contributed by atoms with Crippen LogP contribution in [0.3, 0.4) is 0 Å². The molecule has 0 aliphatic carbocycles. The van der Waals surface area contributed by atoms with Gasteiger partial charge < -0.3 is 9.53 Å². The van der Waals surface area contributed by atoms with E-state index >= 15 is 0 Å². The summed E-state index contributed by atoms with van der Waals surface area (Å²) in [6.07, 6.45) is 0.870. The lowest BCUT2D eigenvalue weighted by atomic mass is 10.1. The van der Waals surface area contributed by atoms with Crippen LogP contribution < -0.4 is 0 Å². The Morgan fingerprint density at radius 3 is 1.95 bits per heavy atom. The molecule has 1 aromatic rings. The van der Waals surface area contributed by atoms with E-state index in [4.69, 9.17) is 4.43 Å². The van der Waals surface area contributed by atoms with Crippen molar-refractivity contribution in [1.29, 1.82) is 0 Å². The van der Waals surface area contributed by atoms with E-state index < -0.39 is 8.32 Å². The number of aromatic hydroxyl groups is 1. The fourth-order valence-electron chi connectivity index (χ4n) is 3.66. The van der Waals surface area contributed by atoms with Gasteiger partial charge in [0.25, 0.3) is 0 Å².